The molecule has 0 radical (unpaired) electrons. The molecule has 0 heterocycles. The van der Waals surface area contributed by atoms with Crippen molar-refractivity contribution < 1.29 is 0 Å². The molecule has 15 heavy (non-hydrogen) atoms. The monoisotopic (exact) mass is 217 g/mol. The third-order valence-electron chi connectivity index (χ3n) is 3.18. The lowest BCUT2D eigenvalue weighted by Crippen LogP contribution is -2.18. The maximum atomic E-state index is 6.24. The zero-order valence-corrected chi connectivity index (χ0v) is 9.09. The van der Waals surface area contributed by atoms with Crippen LogP contribution in [0, 0.1) is 0 Å². The Hall–Kier alpha value is -1.05. The Balaban J connectivity index is 2.39. The van der Waals surface area contributed by atoms with Crippen LogP contribution in [-0.2, 0) is 5.54 Å². The molecule has 0 spiro atoms. The summed E-state index contributed by atoms with van der Waals surface area (Å²) < 4.78 is 0. The van der Waals surface area contributed by atoms with Crippen molar-refractivity contribution in [1.29, 1.82) is 0 Å². The summed E-state index contributed by atoms with van der Waals surface area (Å²) in [5.74, 6) is 0. The Kier molecular flexibility index (Phi) is 1.82. The number of rotatable bonds is 1. The van der Waals surface area contributed by atoms with E-state index in [0.29, 0.717) is 0 Å². The van der Waals surface area contributed by atoms with Gasteiger partial charge in [-0.05, 0) is 29.9 Å². The van der Waals surface area contributed by atoms with Gasteiger partial charge in [0.1, 0.15) is 0 Å². The average molecular weight is 218 g/mol. The van der Waals surface area contributed by atoms with Crippen LogP contribution in [-0.4, -0.2) is 0 Å². The van der Waals surface area contributed by atoms with Crippen molar-refractivity contribution in [3.8, 4) is 0 Å². The summed E-state index contributed by atoms with van der Waals surface area (Å²) in [6.07, 6.45) is 2.13. The molecule has 0 atom stereocenters. The molecule has 1 fully saturated rings. The molecule has 1 saturated carbocycles. The van der Waals surface area contributed by atoms with Crippen LogP contribution in [0.1, 0.15) is 18.4 Å². The number of nitrogens with two attached hydrogens (primary N) is 1. The molecule has 0 aromatic heterocycles. The van der Waals surface area contributed by atoms with E-state index in [1.54, 1.807) is 0 Å². The lowest BCUT2D eigenvalue weighted by Gasteiger charge is -2.13. The summed E-state index contributed by atoms with van der Waals surface area (Å²) in [5, 5.41) is 3.11. The Morgan fingerprint density at radius 3 is 2.40 bits per heavy atom. The molecule has 1 nitrogen and oxygen atoms in total. The molecule has 0 aliphatic heterocycles. The summed E-state index contributed by atoms with van der Waals surface area (Å²) in [6, 6.07) is 12.2. The van der Waals surface area contributed by atoms with Gasteiger partial charge < -0.3 is 5.73 Å². The second-order valence-electron chi connectivity index (χ2n) is 4.30. The van der Waals surface area contributed by atoms with E-state index >= 15 is 0 Å². The molecule has 76 valence electrons. The smallest absolute Gasteiger partial charge is 0.0487 e. The molecular formula is C13H12ClN. The van der Waals surface area contributed by atoms with Gasteiger partial charge >= 0.3 is 0 Å². The topological polar surface area (TPSA) is 26.0 Å². The Labute approximate surface area is 93.8 Å². The van der Waals surface area contributed by atoms with E-state index in [9.17, 15) is 0 Å². The van der Waals surface area contributed by atoms with Crippen molar-refractivity contribution in [1.82, 2.24) is 0 Å². The van der Waals surface area contributed by atoms with Crippen LogP contribution in [0.3, 0.4) is 0 Å². The van der Waals surface area contributed by atoms with Crippen molar-refractivity contribution in [2.45, 2.75) is 18.4 Å². The van der Waals surface area contributed by atoms with E-state index in [1.807, 2.05) is 12.1 Å². The molecule has 1 aliphatic carbocycles. The van der Waals surface area contributed by atoms with Gasteiger partial charge in [0.2, 0.25) is 0 Å². The lowest BCUT2D eigenvalue weighted by molar-refractivity contribution is 0.748. The van der Waals surface area contributed by atoms with Gasteiger partial charge in [-0.15, -0.1) is 0 Å². The molecule has 0 saturated heterocycles. The van der Waals surface area contributed by atoms with Crippen LogP contribution in [0.5, 0.6) is 0 Å². The molecule has 2 N–H and O–H groups in total. The van der Waals surface area contributed by atoms with Gasteiger partial charge in [0.05, 0.1) is 0 Å². The number of fused-ring (bicyclic) bond motifs is 1. The fourth-order valence-electron chi connectivity index (χ4n) is 2.11. The second kappa shape index (κ2) is 2.97. The van der Waals surface area contributed by atoms with E-state index < -0.39 is 0 Å². The van der Waals surface area contributed by atoms with Gasteiger partial charge in [-0.2, -0.15) is 0 Å². The predicted molar refractivity (Wildman–Crippen MR) is 64.1 cm³/mol. The highest BCUT2D eigenvalue weighted by molar-refractivity contribution is 6.35. The van der Waals surface area contributed by atoms with Gasteiger partial charge in [-0.3, -0.25) is 0 Å². The van der Waals surface area contributed by atoms with Gasteiger partial charge in [0.25, 0.3) is 0 Å². The number of halogens is 1. The zero-order valence-electron chi connectivity index (χ0n) is 8.33. The largest absolute Gasteiger partial charge is 0.321 e. The minimum absolute atomic E-state index is 0.121. The molecule has 2 aromatic carbocycles. The quantitative estimate of drug-likeness (QED) is 0.778. The first-order valence-corrected chi connectivity index (χ1v) is 5.55. The third kappa shape index (κ3) is 1.35. The zero-order chi connectivity index (χ0) is 10.5. The van der Waals surface area contributed by atoms with Gasteiger partial charge in [0.15, 0.2) is 0 Å². The summed E-state index contributed by atoms with van der Waals surface area (Å²) in [7, 11) is 0. The van der Waals surface area contributed by atoms with Gasteiger partial charge in [0, 0.05) is 15.9 Å². The molecule has 0 bridgehead atoms. The Bertz CT molecular complexity index is 524. The highest BCUT2D eigenvalue weighted by Crippen LogP contribution is 2.46. The molecule has 0 amide bonds. The van der Waals surface area contributed by atoms with Crippen molar-refractivity contribution >= 4 is 22.4 Å². The molecule has 2 aromatic rings. The third-order valence-corrected chi connectivity index (χ3v) is 3.49. The van der Waals surface area contributed by atoms with E-state index in [2.05, 4.69) is 24.3 Å². The minimum Gasteiger partial charge on any atom is -0.321 e. The average Bonchev–Trinajstić information content (AvgIpc) is 2.98. The van der Waals surface area contributed by atoms with Crippen molar-refractivity contribution in [2.75, 3.05) is 0 Å². The van der Waals surface area contributed by atoms with Gasteiger partial charge in [-0.25, -0.2) is 0 Å². The highest BCUT2D eigenvalue weighted by atomic mass is 35.5. The molecule has 0 unspecified atom stereocenters. The first kappa shape index (κ1) is 9.20. The SMILES string of the molecule is NC1(c2cccc3cccc(Cl)c23)CC1. The van der Waals surface area contributed by atoms with Crippen LogP contribution in [0.2, 0.25) is 5.02 Å². The normalized spacial score (nSPS) is 18.0. The number of hydrogen-bond donors (Lipinski definition) is 1. The standard InChI is InChI=1S/C13H12ClN/c14-11-6-2-4-9-3-1-5-10(12(9)11)13(15)7-8-13/h1-6H,7-8,15H2. The van der Waals surface area contributed by atoms with E-state index in [-0.39, 0.29) is 5.54 Å². The molecular weight excluding hydrogens is 206 g/mol. The van der Waals surface area contributed by atoms with Gasteiger partial charge in [-0.1, -0.05) is 41.9 Å². The Morgan fingerprint density at radius 2 is 1.73 bits per heavy atom. The fraction of sp³-hybridized carbons (Fsp3) is 0.231. The first-order chi connectivity index (χ1) is 7.21. The van der Waals surface area contributed by atoms with E-state index in [1.165, 1.54) is 10.9 Å². The lowest BCUT2D eigenvalue weighted by atomic mass is 9.98. The minimum atomic E-state index is -0.121. The molecule has 2 heteroatoms. The maximum absolute atomic E-state index is 6.24. The predicted octanol–water partition coefficient (Wildman–Crippen LogP) is 3.44. The maximum Gasteiger partial charge on any atom is 0.0487 e. The number of benzene rings is 2. The van der Waals surface area contributed by atoms with Crippen LogP contribution < -0.4 is 5.73 Å². The van der Waals surface area contributed by atoms with Crippen molar-refractivity contribution in [2.24, 2.45) is 5.73 Å². The first-order valence-electron chi connectivity index (χ1n) is 5.17. The van der Waals surface area contributed by atoms with Crippen LogP contribution in [0.15, 0.2) is 36.4 Å². The van der Waals surface area contributed by atoms with Crippen LogP contribution >= 0.6 is 11.6 Å². The summed E-state index contributed by atoms with van der Waals surface area (Å²) in [4.78, 5) is 0. The highest BCUT2D eigenvalue weighted by Gasteiger charge is 2.41. The van der Waals surface area contributed by atoms with Crippen molar-refractivity contribution in [3.63, 3.8) is 0 Å². The fourth-order valence-corrected chi connectivity index (χ4v) is 2.40. The summed E-state index contributed by atoms with van der Waals surface area (Å²) in [6.45, 7) is 0. The van der Waals surface area contributed by atoms with Crippen LogP contribution in [0.25, 0.3) is 10.8 Å². The second-order valence-corrected chi connectivity index (χ2v) is 4.71. The Morgan fingerprint density at radius 1 is 1.07 bits per heavy atom. The van der Waals surface area contributed by atoms with Crippen molar-refractivity contribution in [3.05, 3.63) is 47.0 Å². The van der Waals surface area contributed by atoms with E-state index in [0.717, 1.165) is 23.3 Å². The van der Waals surface area contributed by atoms with Crippen LogP contribution in [0.4, 0.5) is 0 Å². The summed E-state index contributed by atoms with van der Waals surface area (Å²) in [5.41, 5.74) is 7.32. The molecule has 1 aliphatic rings. The number of hydrogen-bond acceptors (Lipinski definition) is 1. The molecule has 3 rings (SSSR count). The summed E-state index contributed by atoms with van der Waals surface area (Å²) >= 11 is 6.24. The van der Waals surface area contributed by atoms with E-state index in [4.69, 9.17) is 17.3 Å².